The number of hydrogen-bond donors (Lipinski definition) is 2. The zero-order valence-corrected chi connectivity index (χ0v) is 14.6. The third-order valence-electron chi connectivity index (χ3n) is 3.47. The average Bonchev–Trinajstić information content (AvgIpc) is 2.65. The number of nitrogens with one attached hydrogen (secondary N) is 2. The zero-order valence-electron chi connectivity index (χ0n) is 14.6. The lowest BCUT2D eigenvalue weighted by molar-refractivity contribution is -0.606. The molecule has 0 aliphatic carbocycles. The maximum absolute atomic E-state index is 11.4. The molecule has 0 fully saturated rings. The molecule has 2 N–H and O–H groups in total. The van der Waals surface area contributed by atoms with Crippen molar-refractivity contribution in [3.8, 4) is 0 Å². The van der Waals surface area contributed by atoms with Crippen molar-refractivity contribution in [3.05, 3.63) is 70.6 Å². The van der Waals surface area contributed by atoms with Crippen molar-refractivity contribution in [2.24, 2.45) is 9.98 Å². The average molecular weight is 356 g/mol. The normalized spacial score (nSPS) is 11.5. The van der Waals surface area contributed by atoms with Crippen LogP contribution in [0.15, 0.2) is 58.8 Å². The van der Waals surface area contributed by atoms with E-state index in [0.717, 1.165) is 35.6 Å². The van der Waals surface area contributed by atoms with Crippen molar-refractivity contribution in [1.82, 2.24) is 10.6 Å². The van der Waals surface area contributed by atoms with Gasteiger partial charge in [-0.2, -0.15) is 9.46 Å². The van der Waals surface area contributed by atoms with E-state index < -0.39 is 0 Å². The van der Waals surface area contributed by atoms with Crippen LogP contribution in [0, 0.1) is 10.4 Å². The van der Waals surface area contributed by atoms with Crippen LogP contribution in [0.1, 0.15) is 11.4 Å². The van der Waals surface area contributed by atoms with Crippen molar-refractivity contribution in [2.45, 2.75) is 0 Å². The van der Waals surface area contributed by atoms with Crippen molar-refractivity contribution >= 4 is 12.4 Å². The molecule has 0 amide bonds. The van der Waals surface area contributed by atoms with Gasteiger partial charge in [0.25, 0.3) is 0 Å². The minimum Gasteiger partial charge on any atom is -0.618 e. The van der Waals surface area contributed by atoms with E-state index in [1.807, 2.05) is 12.1 Å². The Morgan fingerprint density at radius 1 is 0.731 bits per heavy atom. The number of nitrogens with zero attached hydrogens (tertiary/aromatic N) is 4. The first kappa shape index (κ1) is 19.5. The Morgan fingerprint density at radius 3 is 1.62 bits per heavy atom. The molecule has 0 atom stereocenters. The van der Waals surface area contributed by atoms with Gasteiger partial charge in [0.05, 0.1) is 25.5 Å². The summed E-state index contributed by atoms with van der Waals surface area (Å²) in [6.07, 6.45) is 6.08. The van der Waals surface area contributed by atoms with E-state index in [1.54, 1.807) is 36.7 Å². The van der Waals surface area contributed by atoms with Gasteiger partial charge in [-0.1, -0.05) is 0 Å². The summed E-state index contributed by atoms with van der Waals surface area (Å²) in [4.78, 5) is 8.44. The first-order valence-electron chi connectivity index (χ1n) is 8.55. The number of pyridine rings is 2. The second-order valence-corrected chi connectivity index (χ2v) is 5.47. The molecule has 0 bridgehead atoms. The lowest BCUT2D eigenvalue weighted by Gasteiger charge is -2.04. The summed E-state index contributed by atoms with van der Waals surface area (Å²) in [7, 11) is 0. The predicted molar refractivity (Wildman–Crippen MR) is 101 cm³/mol. The lowest BCUT2D eigenvalue weighted by atomic mass is 10.4. The summed E-state index contributed by atoms with van der Waals surface area (Å²) in [5, 5.41) is 29.3. The minimum absolute atomic E-state index is 0.535. The molecule has 0 aliphatic heterocycles. The highest BCUT2D eigenvalue weighted by atomic mass is 16.5. The van der Waals surface area contributed by atoms with Crippen LogP contribution in [0.2, 0.25) is 0 Å². The van der Waals surface area contributed by atoms with Gasteiger partial charge >= 0.3 is 0 Å². The number of hydrogen-bond acceptors (Lipinski definition) is 6. The quantitative estimate of drug-likeness (QED) is 0.249. The Hall–Kier alpha value is -2.84. The molecule has 8 nitrogen and oxygen atoms in total. The summed E-state index contributed by atoms with van der Waals surface area (Å²) in [6.45, 7) is 4.38. The molecule has 0 saturated heterocycles. The molecule has 26 heavy (non-hydrogen) atoms. The fraction of sp³-hybridized carbons (Fsp3) is 0.333. The highest BCUT2D eigenvalue weighted by molar-refractivity contribution is 5.75. The van der Waals surface area contributed by atoms with Crippen molar-refractivity contribution in [1.29, 1.82) is 0 Å². The van der Waals surface area contributed by atoms with E-state index in [9.17, 15) is 10.4 Å². The third-order valence-corrected chi connectivity index (χ3v) is 3.47. The van der Waals surface area contributed by atoms with Gasteiger partial charge in [-0.15, -0.1) is 0 Å². The second-order valence-electron chi connectivity index (χ2n) is 5.47. The number of rotatable bonds is 11. The Morgan fingerprint density at radius 2 is 1.19 bits per heavy atom. The smallest absolute Gasteiger partial charge is 0.234 e. The van der Waals surface area contributed by atoms with Crippen LogP contribution in [0.3, 0.4) is 0 Å². The van der Waals surface area contributed by atoms with Crippen LogP contribution in [-0.2, 0) is 0 Å². The maximum atomic E-state index is 11.4. The first-order chi connectivity index (χ1) is 12.8. The first-order valence-corrected chi connectivity index (χ1v) is 8.55. The Bertz CT molecular complexity index is 659. The summed E-state index contributed by atoms with van der Waals surface area (Å²) in [5.74, 6) is 0. The van der Waals surface area contributed by atoms with E-state index in [2.05, 4.69) is 20.6 Å². The van der Waals surface area contributed by atoms with E-state index in [0.29, 0.717) is 24.5 Å². The third kappa shape index (κ3) is 7.37. The van der Waals surface area contributed by atoms with Crippen molar-refractivity contribution in [2.75, 3.05) is 39.3 Å². The molecule has 2 aromatic heterocycles. The molecule has 0 radical (unpaired) electrons. The van der Waals surface area contributed by atoms with Gasteiger partial charge in [-0.25, -0.2) is 0 Å². The SMILES string of the molecule is [O-][n+]1ccccc1C=NCCNCCNCCN=Cc1cccc[n+]1[O-]. The predicted octanol–water partition coefficient (Wildman–Crippen LogP) is -0.329. The van der Waals surface area contributed by atoms with Gasteiger partial charge in [0, 0.05) is 50.4 Å². The monoisotopic (exact) mass is 356 g/mol. The molecule has 8 heteroatoms. The van der Waals surface area contributed by atoms with Crippen LogP contribution in [-0.4, -0.2) is 51.7 Å². The van der Waals surface area contributed by atoms with Crippen LogP contribution in [0.25, 0.3) is 0 Å². The Labute approximate surface area is 153 Å². The molecule has 0 spiro atoms. The molecule has 0 unspecified atom stereocenters. The van der Waals surface area contributed by atoms with Gasteiger partial charge in [-0.3, -0.25) is 9.98 Å². The molecule has 2 heterocycles. The van der Waals surface area contributed by atoms with Crippen molar-refractivity contribution < 1.29 is 9.46 Å². The fourth-order valence-electron chi connectivity index (χ4n) is 2.11. The van der Waals surface area contributed by atoms with Gasteiger partial charge < -0.3 is 21.0 Å². The van der Waals surface area contributed by atoms with Gasteiger partial charge in [0.15, 0.2) is 12.4 Å². The lowest BCUT2D eigenvalue weighted by Crippen LogP contribution is -2.31. The number of aromatic nitrogens is 2. The molecule has 0 saturated carbocycles. The number of aliphatic imine (C=N–C) groups is 2. The zero-order chi connectivity index (χ0) is 18.5. The van der Waals surface area contributed by atoms with Crippen LogP contribution < -0.4 is 20.1 Å². The molecule has 0 aromatic carbocycles. The standard InChI is InChI=1S/C18H24N6O2/c25-23-13-3-1-5-17(23)15-21-11-9-19-7-8-20-10-12-22-16-18-6-2-4-14-24(18)26/h1-6,13-16,19-20H,7-12H2. The molecule has 2 aromatic rings. The molecular formula is C18H24N6O2. The maximum Gasteiger partial charge on any atom is 0.234 e. The second kappa shape index (κ2) is 11.7. The van der Waals surface area contributed by atoms with Crippen LogP contribution >= 0.6 is 0 Å². The topological polar surface area (TPSA) is 103 Å². The summed E-state index contributed by atoms with van der Waals surface area (Å²) in [5.41, 5.74) is 1.07. The highest BCUT2D eigenvalue weighted by Crippen LogP contribution is 1.87. The summed E-state index contributed by atoms with van der Waals surface area (Å²) in [6, 6.07) is 10.4. The van der Waals surface area contributed by atoms with Crippen LogP contribution in [0.5, 0.6) is 0 Å². The van der Waals surface area contributed by atoms with E-state index in [-0.39, 0.29) is 0 Å². The van der Waals surface area contributed by atoms with Crippen LogP contribution in [0.4, 0.5) is 0 Å². The van der Waals surface area contributed by atoms with Gasteiger partial charge in [-0.05, 0) is 12.1 Å². The molecular weight excluding hydrogens is 332 g/mol. The van der Waals surface area contributed by atoms with E-state index >= 15 is 0 Å². The van der Waals surface area contributed by atoms with Gasteiger partial charge in [0.1, 0.15) is 0 Å². The molecule has 2 rings (SSSR count). The largest absolute Gasteiger partial charge is 0.618 e. The highest BCUT2D eigenvalue weighted by Gasteiger charge is 1.98. The van der Waals surface area contributed by atoms with Gasteiger partial charge in [0.2, 0.25) is 11.4 Å². The minimum atomic E-state index is 0.535. The summed E-state index contributed by atoms with van der Waals surface area (Å²) < 4.78 is 1.58. The Kier molecular flexibility index (Phi) is 8.74. The van der Waals surface area contributed by atoms with E-state index in [4.69, 9.17) is 0 Å². The summed E-state index contributed by atoms with van der Waals surface area (Å²) >= 11 is 0. The Balaban J connectivity index is 1.46. The molecule has 138 valence electrons. The fourth-order valence-corrected chi connectivity index (χ4v) is 2.11. The molecule has 0 aliphatic rings. The van der Waals surface area contributed by atoms with Crippen molar-refractivity contribution in [3.63, 3.8) is 0 Å². The van der Waals surface area contributed by atoms with E-state index in [1.165, 1.54) is 12.4 Å².